The van der Waals surface area contributed by atoms with Crippen molar-refractivity contribution in [2.45, 2.75) is 20.0 Å². The molecule has 0 bridgehead atoms. The van der Waals surface area contributed by atoms with Crippen LogP contribution >= 0.6 is 11.3 Å². The van der Waals surface area contributed by atoms with E-state index in [9.17, 15) is 14.7 Å². The summed E-state index contributed by atoms with van der Waals surface area (Å²) in [4.78, 5) is 24.0. The second-order valence-corrected chi connectivity index (χ2v) is 5.42. The molecule has 21 heavy (non-hydrogen) atoms. The molecule has 2 amide bonds. The van der Waals surface area contributed by atoms with E-state index in [-0.39, 0.29) is 12.4 Å². The number of rotatable bonds is 4. The number of nitrogens with zero attached hydrogens (tertiary/aromatic N) is 1. The second kappa shape index (κ2) is 6.51. The molecule has 0 aliphatic heterocycles. The van der Waals surface area contributed by atoms with Crippen molar-refractivity contribution in [1.29, 1.82) is 0 Å². The second-order valence-electron chi connectivity index (χ2n) is 4.47. The molecule has 3 N–H and O–H groups in total. The Balaban J connectivity index is 1.84. The number of aliphatic hydroxyl groups excluding tert-OH is 1. The molecule has 2 heterocycles. The number of thiophene rings is 1. The Hall–Kier alpha value is -2.19. The SMILES string of the molecule is Cc1cc(NC(=O)C(=O)NCC(O)c2sccc2C)no1. The summed E-state index contributed by atoms with van der Waals surface area (Å²) in [5.41, 5.74) is 0.948. The Bertz CT molecular complexity index is 649. The van der Waals surface area contributed by atoms with Crippen LogP contribution in [0.1, 0.15) is 22.3 Å². The van der Waals surface area contributed by atoms with Crippen LogP contribution in [-0.2, 0) is 9.59 Å². The van der Waals surface area contributed by atoms with Gasteiger partial charge in [0.15, 0.2) is 5.82 Å². The van der Waals surface area contributed by atoms with Crippen LogP contribution in [0.5, 0.6) is 0 Å². The minimum atomic E-state index is -0.863. The minimum Gasteiger partial charge on any atom is -0.386 e. The van der Waals surface area contributed by atoms with Crippen molar-refractivity contribution in [3.8, 4) is 0 Å². The Kier molecular flexibility index (Phi) is 4.71. The maximum Gasteiger partial charge on any atom is 0.314 e. The monoisotopic (exact) mass is 309 g/mol. The Labute approximate surface area is 125 Å². The maximum absolute atomic E-state index is 11.6. The van der Waals surface area contributed by atoms with Gasteiger partial charge in [-0.25, -0.2) is 0 Å². The summed E-state index contributed by atoms with van der Waals surface area (Å²) in [5, 5.41) is 20.0. The molecule has 7 nitrogen and oxygen atoms in total. The number of aromatic nitrogens is 1. The van der Waals surface area contributed by atoms with Gasteiger partial charge in [0.25, 0.3) is 0 Å². The molecular formula is C13H15N3O4S. The lowest BCUT2D eigenvalue weighted by Crippen LogP contribution is -2.37. The van der Waals surface area contributed by atoms with E-state index in [1.165, 1.54) is 17.4 Å². The highest BCUT2D eigenvalue weighted by atomic mass is 32.1. The van der Waals surface area contributed by atoms with E-state index < -0.39 is 17.9 Å². The lowest BCUT2D eigenvalue weighted by atomic mass is 10.2. The summed E-state index contributed by atoms with van der Waals surface area (Å²) in [6.07, 6.45) is -0.837. The van der Waals surface area contributed by atoms with Gasteiger partial charge in [-0.15, -0.1) is 11.3 Å². The largest absolute Gasteiger partial charge is 0.386 e. The molecule has 0 aromatic carbocycles. The van der Waals surface area contributed by atoms with Gasteiger partial charge < -0.3 is 14.9 Å². The first kappa shape index (κ1) is 15.2. The number of carbonyl (C=O) groups is 2. The van der Waals surface area contributed by atoms with E-state index in [0.29, 0.717) is 5.76 Å². The highest BCUT2D eigenvalue weighted by Gasteiger charge is 2.18. The van der Waals surface area contributed by atoms with Crippen LogP contribution in [0.15, 0.2) is 22.0 Å². The van der Waals surface area contributed by atoms with Crippen molar-refractivity contribution in [2.24, 2.45) is 0 Å². The predicted octanol–water partition coefficient (Wildman–Crippen LogP) is 1.14. The van der Waals surface area contributed by atoms with Gasteiger partial charge in [-0.05, 0) is 30.9 Å². The molecule has 0 fully saturated rings. The van der Waals surface area contributed by atoms with Crippen LogP contribution in [0.3, 0.4) is 0 Å². The number of hydrogen-bond acceptors (Lipinski definition) is 6. The summed E-state index contributed by atoms with van der Waals surface area (Å²) in [6.45, 7) is 3.50. The number of aliphatic hydroxyl groups is 1. The van der Waals surface area contributed by atoms with Crippen LogP contribution in [0, 0.1) is 13.8 Å². The van der Waals surface area contributed by atoms with Gasteiger partial charge in [-0.2, -0.15) is 0 Å². The Morgan fingerprint density at radius 2 is 2.19 bits per heavy atom. The van der Waals surface area contributed by atoms with Crippen molar-refractivity contribution in [2.75, 3.05) is 11.9 Å². The van der Waals surface area contributed by atoms with Crippen molar-refractivity contribution in [3.63, 3.8) is 0 Å². The van der Waals surface area contributed by atoms with E-state index in [2.05, 4.69) is 15.8 Å². The fourth-order valence-electron chi connectivity index (χ4n) is 1.69. The molecule has 2 aromatic rings. The quantitative estimate of drug-likeness (QED) is 0.735. The topological polar surface area (TPSA) is 104 Å². The zero-order valence-corrected chi connectivity index (χ0v) is 12.4. The average Bonchev–Trinajstić information content (AvgIpc) is 3.04. The maximum atomic E-state index is 11.6. The molecule has 2 rings (SSSR count). The number of carbonyl (C=O) groups excluding carboxylic acids is 2. The van der Waals surface area contributed by atoms with Gasteiger partial charge in [0, 0.05) is 17.5 Å². The molecule has 0 saturated heterocycles. The summed E-state index contributed by atoms with van der Waals surface area (Å²) in [6, 6.07) is 3.37. The molecular weight excluding hydrogens is 294 g/mol. The van der Waals surface area contributed by atoms with E-state index in [4.69, 9.17) is 4.52 Å². The fraction of sp³-hybridized carbons (Fsp3) is 0.308. The van der Waals surface area contributed by atoms with Crippen molar-refractivity contribution < 1.29 is 19.2 Å². The molecule has 0 radical (unpaired) electrons. The van der Waals surface area contributed by atoms with Crippen molar-refractivity contribution >= 4 is 29.0 Å². The van der Waals surface area contributed by atoms with Crippen LogP contribution in [0.4, 0.5) is 5.82 Å². The Morgan fingerprint density at radius 3 is 2.76 bits per heavy atom. The molecule has 0 aliphatic rings. The van der Waals surface area contributed by atoms with E-state index in [0.717, 1.165) is 10.4 Å². The lowest BCUT2D eigenvalue weighted by molar-refractivity contribution is -0.136. The average molecular weight is 309 g/mol. The first-order chi connectivity index (χ1) is 9.97. The van der Waals surface area contributed by atoms with E-state index in [1.54, 1.807) is 6.92 Å². The molecule has 2 aromatic heterocycles. The molecule has 0 spiro atoms. The normalized spacial score (nSPS) is 12.0. The zero-order chi connectivity index (χ0) is 15.4. The molecule has 0 aliphatic carbocycles. The third-order valence-electron chi connectivity index (χ3n) is 2.74. The van der Waals surface area contributed by atoms with Crippen LogP contribution in [-0.4, -0.2) is 28.6 Å². The number of amides is 2. The molecule has 1 atom stereocenters. The van der Waals surface area contributed by atoms with E-state index >= 15 is 0 Å². The Morgan fingerprint density at radius 1 is 1.43 bits per heavy atom. The van der Waals surface area contributed by atoms with Gasteiger partial charge in [0.2, 0.25) is 0 Å². The number of nitrogens with one attached hydrogen (secondary N) is 2. The first-order valence-corrected chi connectivity index (χ1v) is 7.10. The highest BCUT2D eigenvalue weighted by Crippen LogP contribution is 2.23. The van der Waals surface area contributed by atoms with Gasteiger partial charge in [-0.3, -0.25) is 14.9 Å². The van der Waals surface area contributed by atoms with Crippen molar-refractivity contribution in [3.05, 3.63) is 33.7 Å². The predicted molar refractivity (Wildman–Crippen MR) is 76.9 cm³/mol. The fourth-order valence-corrected chi connectivity index (χ4v) is 2.60. The minimum absolute atomic E-state index is 0.0363. The van der Waals surface area contributed by atoms with Crippen LogP contribution < -0.4 is 10.6 Å². The molecule has 0 saturated carbocycles. The summed E-state index contributed by atoms with van der Waals surface area (Å²) >= 11 is 1.40. The third kappa shape index (κ3) is 3.89. The number of aryl methyl sites for hydroxylation is 2. The summed E-state index contributed by atoms with van der Waals surface area (Å²) < 4.78 is 4.77. The number of hydrogen-bond donors (Lipinski definition) is 3. The smallest absolute Gasteiger partial charge is 0.314 e. The highest BCUT2D eigenvalue weighted by molar-refractivity contribution is 7.10. The van der Waals surface area contributed by atoms with Crippen LogP contribution in [0.2, 0.25) is 0 Å². The molecule has 8 heteroatoms. The summed E-state index contributed by atoms with van der Waals surface area (Å²) in [5.74, 6) is -1.01. The lowest BCUT2D eigenvalue weighted by Gasteiger charge is -2.11. The number of anilines is 1. The third-order valence-corrected chi connectivity index (χ3v) is 3.86. The summed E-state index contributed by atoms with van der Waals surface area (Å²) in [7, 11) is 0. The van der Waals surface area contributed by atoms with Crippen LogP contribution in [0.25, 0.3) is 0 Å². The first-order valence-electron chi connectivity index (χ1n) is 6.22. The van der Waals surface area contributed by atoms with Gasteiger partial charge in [-0.1, -0.05) is 5.16 Å². The van der Waals surface area contributed by atoms with Crippen molar-refractivity contribution in [1.82, 2.24) is 10.5 Å². The van der Waals surface area contributed by atoms with Gasteiger partial charge in [0.1, 0.15) is 11.9 Å². The van der Waals surface area contributed by atoms with Gasteiger partial charge in [0.05, 0.1) is 0 Å². The standard InChI is InChI=1S/C13H15N3O4S/c1-7-3-4-21-11(7)9(17)6-14-12(18)13(19)15-10-5-8(2)20-16-10/h3-5,9,17H,6H2,1-2H3,(H,14,18)(H,15,16,19). The molecule has 112 valence electrons. The van der Waals surface area contributed by atoms with E-state index in [1.807, 2.05) is 18.4 Å². The van der Waals surface area contributed by atoms with Gasteiger partial charge >= 0.3 is 11.8 Å². The molecule has 1 unspecified atom stereocenters. The zero-order valence-electron chi connectivity index (χ0n) is 11.5.